The first-order valence-corrected chi connectivity index (χ1v) is 30.2. The molecular weight excluding hydrogens is 911 g/mol. The summed E-state index contributed by atoms with van der Waals surface area (Å²) in [4.78, 5) is 71.6. The fourth-order valence-corrected chi connectivity index (χ4v) is 10.9. The molecule has 0 saturated heterocycles. The molecule has 2 rings (SSSR count). The Morgan fingerprint density at radius 3 is 1.44 bits per heavy atom. The van der Waals surface area contributed by atoms with Crippen molar-refractivity contribution < 1.29 is 38.2 Å². The number of thiophene rings is 1. The molecule has 0 aromatic carbocycles. The maximum atomic E-state index is 13.6. The third kappa shape index (κ3) is 30.1. The van der Waals surface area contributed by atoms with Gasteiger partial charge in [0.1, 0.15) is 5.00 Å². The van der Waals surface area contributed by atoms with E-state index in [-0.39, 0.29) is 48.6 Å². The van der Waals surface area contributed by atoms with Crippen LogP contribution in [0.15, 0.2) is 0 Å². The van der Waals surface area contributed by atoms with Crippen molar-refractivity contribution in [1.29, 1.82) is 0 Å². The third-order valence-electron chi connectivity index (χ3n) is 14.2. The average Bonchev–Trinajstić information content (AvgIpc) is 3.72. The molecule has 1 N–H and O–H groups in total. The van der Waals surface area contributed by atoms with E-state index in [0.717, 1.165) is 100 Å². The van der Waals surface area contributed by atoms with Crippen LogP contribution in [0.2, 0.25) is 0 Å². The van der Waals surface area contributed by atoms with Gasteiger partial charge in [-0.3, -0.25) is 19.2 Å². The summed E-state index contributed by atoms with van der Waals surface area (Å²) in [5.74, 6) is -0.666. The van der Waals surface area contributed by atoms with Crippen molar-refractivity contribution in [1.82, 2.24) is 9.80 Å². The highest BCUT2D eigenvalue weighted by Crippen LogP contribution is 2.38. The van der Waals surface area contributed by atoms with E-state index in [1.165, 1.54) is 120 Å². The zero-order valence-corrected chi connectivity index (χ0v) is 47.2. The first-order chi connectivity index (χ1) is 34.6. The number of carbonyl (C=O) groups excluding carboxylic acids is 5. The van der Waals surface area contributed by atoms with Crippen LogP contribution in [0.4, 0.5) is 5.00 Å². The minimum Gasteiger partial charge on any atom is -0.465 e. The molecule has 0 bridgehead atoms. The van der Waals surface area contributed by atoms with Crippen LogP contribution in [0.5, 0.6) is 0 Å². The standard InChI is InChI=1S/C59H105N3O8S/c1-7-11-15-19-22-28-37-49(36-27-18-14-10-4)57(65)68-45-33-25-31-40-53(63)60-56-55(59(67)70-47-35-43-61(5)6)51-42-44-62(48-52(51)71-56)54(64)41-32-26-34-46-69-58(66)50(38-29-23-20-16-12-8-2)39-30-24-21-17-13-9-3/h49-50H,7-48H2,1-6H3,(H,60,63). The van der Waals surface area contributed by atoms with Crippen LogP contribution >= 0.6 is 11.3 Å². The lowest BCUT2D eigenvalue weighted by molar-refractivity contribution is -0.150. The Morgan fingerprint density at radius 2 is 0.958 bits per heavy atom. The lowest BCUT2D eigenvalue weighted by Crippen LogP contribution is -2.35. The Bertz CT molecular complexity index is 1550. The molecule has 1 unspecified atom stereocenters. The number of esters is 3. The van der Waals surface area contributed by atoms with Crippen molar-refractivity contribution in [2.45, 2.75) is 265 Å². The number of anilines is 1. The van der Waals surface area contributed by atoms with E-state index in [2.05, 4.69) is 33.0 Å². The van der Waals surface area contributed by atoms with Crippen molar-refractivity contribution in [3.63, 3.8) is 0 Å². The largest absolute Gasteiger partial charge is 0.465 e. The van der Waals surface area contributed by atoms with Crippen molar-refractivity contribution in [3.05, 3.63) is 16.0 Å². The number of hydrogen-bond acceptors (Lipinski definition) is 10. The van der Waals surface area contributed by atoms with Gasteiger partial charge in [-0.1, -0.05) is 169 Å². The van der Waals surface area contributed by atoms with Crippen LogP contribution in [0.3, 0.4) is 0 Å². The van der Waals surface area contributed by atoms with E-state index in [1.54, 1.807) is 0 Å². The van der Waals surface area contributed by atoms with Crippen molar-refractivity contribution in [2.24, 2.45) is 11.8 Å². The van der Waals surface area contributed by atoms with Gasteiger partial charge in [0, 0.05) is 30.8 Å². The fraction of sp³-hybridized carbons (Fsp3) is 0.847. The van der Waals surface area contributed by atoms with Gasteiger partial charge in [0.2, 0.25) is 11.8 Å². The van der Waals surface area contributed by atoms with Crippen LogP contribution in [0, 0.1) is 11.8 Å². The predicted octanol–water partition coefficient (Wildman–Crippen LogP) is 15.3. The van der Waals surface area contributed by atoms with Crippen LogP contribution in [0.25, 0.3) is 0 Å². The fourth-order valence-electron chi connectivity index (χ4n) is 9.68. The minimum absolute atomic E-state index is 0.00813. The summed E-state index contributed by atoms with van der Waals surface area (Å²) in [7, 11) is 3.96. The summed E-state index contributed by atoms with van der Waals surface area (Å²) >= 11 is 1.37. The molecule has 1 aliphatic heterocycles. The number of rotatable bonds is 46. The first-order valence-electron chi connectivity index (χ1n) is 29.4. The topological polar surface area (TPSA) is 132 Å². The Balaban J connectivity index is 1.88. The zero-order valence-electron chi connectivity index (χ0n) is 46.4. The molecule has 0 fully saturated rings. The molecule has 0 radical (unpaired) electrons. The summed E-state index contributed by atoms with van der Waals surface area (Å²) in [6.45, 7) is 11.6. The molecule has 1 aromatic heterocycles. The van der Waals surface area contributed by atoms with E-state index in [9.17, 15) is 24.0 Å². The summed E-state index contributed by atoms with van der Waals surface area (Å²) in [5.41, 5.74) is 1.28. The molecular formula is C59H105N3O8S. The van der Waals surface area contributed by atoms with E-state index >= 15 is 0 Å². The molecule has 1 aliphatic rings. The monoisotopic (exact) mass is 1020 g/mol. The van der Waals surface area contributed by atoms with Gasteiger partial charge in [-0.05, 0) is 96.7 Å². The highest BCUT2D eigenvalue weighted by atomic mass is 32.1. The van der Waals surface area contributed by atoms with Crippen LogP contribution in [-0.4, -0.2) is 86.5 Å². The second-order valence-corrected chi connectivity index (χ2v) is 22.1. The Kier molecular flexibility index (Phi) is 38.3. The molecule has 2 amide bonds. The Labute approximate surface area is 437 Å². The number of unbranched alkanes of at least 4 members (excludes halogenated alkanes) is 22. The smallest absolute Gasteiger partial charge is 0.341 e. The lowest BCUT2D eigenvalue weighted by atomic mass is 9.94. The number of fused-ring (bicyclic) bond motifs is 1. The summed E-state index contributed by atoms with van der Waals surface area (Å²) in [6.07, 6.45) is 36.4. The maximum absolute atomic E-state index is 13.6. The predicted molar refractivity (Wildman–Crippen MR) is 294 cm³/mol. The van der Waals surface area contributed by atoms with E-state index in [1.807, 2.05) is 23.9 Å². The van der Waals surface area contributed by atoms with Gasteiger partial charge < -0.3 is 29.3 Å². The number of amides is 2. The summed E-state index contributed by atoms with van der Waals surface area (Å²) in [6, 6.07) is 0. The molecule has 1 atom stereocenters. The van der Waals surface area contributed by atoms with E-state index in [0.29, 0.717) is 69.0 Å². The SMILES string of the molecule is CCCCCCCCC(CCCCCC)C(=O)OCCCCCC(=O)Nc1sc2c(c1C(=O)OCCCN(C)C)CCN(C(=O)CCCCCOC(=O)C(CCCCCCCC)CCCCCCCC)C2. The quantitative estimate of drug-likeness (QED) is 0.0385. The normalized spacial score (nSPS) is 12.9. The van der Waals surface area contributed by atoms with Crippen molar-refractivity contribution in [3.8, 4) is 0 Å². The number of carbonyl (C=O) groups is 5. The number of hydrogen-bond donors (Lipinski definition) is 1. The van der Waals surface area contributed by atoms with Gasteiger partial charge in [0.25, 0.3) is 0 Å². The minimum atomic E-state index is -0.435. The molecule has 0 aliphatic carbocycles. The second-order valence-electron chi connectivity index (χ2n) is 21.0. The van der Waals surface area contributed by atoms with Crippen molar-refractivity contribution in [2.75, 3.05) is 52.3 Å². The molecule has 71 heavy (non-hydrogen) atoms. The van der Waals surface area contributed by atoms with Crippen LogP contribution in [0.1, 0.15) is 273 Å². The van der Waals surface area contributed by atoms with Crippen LogP contribution in [-0.2, 0) is 46.4 Å². The lowest BCUT2D eigenvalue weighted by Gasteiger charge is -2.27. The van der Waals surface area contributed by atoms with Crippen molar-refractivity contribution >= 4 is 46.1 Å². The molecule has 0 saturated carbocycles. The molecule has 2 heterocycles. The Morgan fingerprint density at radius 1 is 0.535 bits per heavy atom. The van der Waals surface area contributed by atoms with Gasteiger partial charge in [-0.25, -0.2) is 4.79 Å². The number of nitrogens with one attached hydrogen (secondary N) is 1. The summed E-state index contributed by atoms with van der Waals surface area (Å²) in [5, 5.41) is 3.53. The van der Waals surface area contributed by atoms with Crippen LogP contribution < -0.4 is 5.32 Å². The van der Waals surface area contributed by atoms with E-state index in [4.69, 9.17) is 14.2 Å². The van der Waals surface area contributed by atoms with Gasteiger partial charge in [-0.2, -0.15) is 0 Å². The molecule has 1 aromatic rings. The second kappa shape index (κ2) is 42.4. The highest BCUT2D eigenvalue weighted by molar-refractivity contribution is 7.17. The van der Waals surface area contributed by atoms with Gasteiger partial charge in [-0.15, -0.1) is 11.3 Å². The third-order valence-corrected chi connectivity index (χ3v) is 15.3. The number of ether oxygens (including phenoxy) is 3. The molecule has 410 valence electrons. The van der Waals surface area contributed by atoms with E-state index < -0.39 is 5.97 Å². The highest BCUT2D eigenvalue weighted by Gasteiger charge is 2.31. The molecule has 0 spiro atoms. The van der Waals surface area contributed by atoms with Gasteiger partial charge in [0.15, 0.2) is 0 Å². The average molecular weight is 1020 g/mol. The van der Waals surface area contributed by atoms with Gasteiger partial charge >= 0.3 is 17.9 Å². The van der Waals surface area contributed by atoms with Gasteiger partial charge in [0.05, 0.1) is 43.8 Å². The molecule has 11 nitrogen and oxygen atoms in total. The molecule has 12 heteroatoms. The Hall–Kier alpha value is -2.99. The summed E-state index contributed by atoms with van der Waals surface area (Å²) < 4.78 is 17.4. The zero-order chi connectivity index (χ0) is 51.7. The number of nitrogens with zero attached hydrogens (tertiary/aromatic N) is 2. The first kappa shape index (κ1) is 64.1. The maximum Gasteiger partial charge on any atom is 0.341 e.